The maximum atomic E-state index is 5.73. The van der Waals surface area contributed by atoms with Gasteiger partial charge in [0.05, 0.1) is 26.4 Å². The number of ether oxygens (including phenoxy) is 3. The van der Waals surface area contributed by atoms with Gasteiger partial charge < -0.3 is 18.7 Å². The average molecular weight is 395 g/mol. The van der Waals surface area contributed by atoms with E-state index in [9.17, 15) is 0 Å². The first kappa shape index (κ1) is 20.2. The fourth-order valence-electron chi connectivity index (χ4n) is 5.52. The van der Waals surface area contributed by atoms with Crippen LogP contribution < -0.4 is 0 Å². The highest BCUT2D eigenvalue weighted by Crippen LogP contribution is 2.48. The largest absolute Gasteiger partial charge is 0.384 e. The number of methoxy groups -OCH3 is 2. The van der Waals surface area contributed by atoms with E-state index in [-0.39, 0.29) is 5.41 Å². The zero-order chi connectivity index (χ0) is 19.4. The molecule has 158 valence electrons. The van der Waals surface area contributed by atoms with Crippen molar-refractivity contribution in [1.82, 2.24) is 19.9 Å². The first-order valence-electron chi connectivity index (χ1n) is 10.6. The molecule has 0 radical (unpaired) electrons. The summed E-state index contributed by atoms with van der Waals surface area (Å²) in [6, 6.07) is 0.706. The fourth-order valence-corrected chi connectivity index (χ4v) is 5.52. The molecule has 2 saturated heterocycles. The van der Waals surface area contributed by atoms with E-state index in [4.69, 9.17) is 18.7 Å². The van der Waals surface area contributed by atoms with Crippen molar-refractivity contribution in [3.63, 3.8) is 0 Å². The SMILES string of the molecule is COCc1noc(CN2CC[C@@H]3C[C@H](N4CCOCC4)CC[C@@]3(COC)C2)n1. The van der Waals surface area contributed by atoms with E-state index >= 15 is 0 Å². The summed E-state index contributed by atoms with van der Waals surface area (Å²) >= 11 is 0. The van der Waals surface area contributed by atoms with Gasteiger partial charge in [0.1, 0.15) is 6.61 Å². The van der Waals surface area contributed by atoms with E-state index in [0.29, 0.717) is 30.9 Å². The molecule has 3 atom stereocenters. The van der Waals surface area contributed by atoms with Gasteiger partial charge in [0.2, 0.25) is 5.89 Å². The first-order valence-corrected chi connectivity index (χ1v) is 10.6. The van der Waals surface area contributed by atoms with Crippen molar-refractivity contribution in [3.05, 3.63) is 11.7 Å². The fraction of sp³-hybridized carbons (Fsp3) is 0.900. The van der Waals surface area contributed by atoms with Crippen LogP contribution in [0.4, 0.5) is 0 Å². The second-order valence-electron chi connectivity index (χ2n) is 8.61. The Kier molecular flexibility index (Phi) is 6.62. The van der Waals surface area contributed by atoms with Crippen LogP contribution in [0.5, 0.6) is 0 Å². The Hall–Kier alpha value is -1.06. The molecule has 1 aliphatic carbocycles. The lowest BCUT2D eigenvalue weighted by atomic mass is 9.62. The molecule has 0 bridgehead atoms. The molecule has 0 amide bonds. The Morgan fingerprint density at radius 3 is 2.79 bits per heavy atom. The first-order chi connectivity index (χ1) is 13.7. The highest BCUT2D eigenvalue weighted by molar-refractivity contribution is 5.00. The van der Waals surface area contributed by atoms with Crippen LogP contribution in [0.1, 0.15) is 37.4 Å². The van der Waals surface area contributed by atoms with E-state index in [2.05, 4.69) is 19.9 Å². The molecule has 1 saturated carbocycles. The van der Waals surface area contributed by atoms with Gasteiger partial charge in [-0.25, -0.2) is 0 Å². The third-order valence-electron chi connectivity index (χ3n) is 6.87. The van der Waals surface area contributed by atoms with Crippen molar-refractivity contribution >= 4 is 0 Å². The molecular weight excluding hydrogens is 360 g/mol. The van der Waals surface area contributed by atoms with Crippen LogP contribution >= 0.6 is 0 Å². The average Bonchev–Trinajstić information content (AvgIpc) is 3.15. The van der Waals surface area contributed by atoms with Gasteiger partial charge in [0.25, 0.3) is 0 Å². The summed E-state index contributed by atoms with van der Waals surface area (Å²) in [5.74, 6) is 2.02. The van der Waals surface area contributed by atoms with Crippen LogP contribution in [0.15, 0.2) is 4.52 Å². The number of aromatic nitrogens is 2. The normalized spacial score (nSPS) is 32.4. The molecule has 8 heteroatoms. The second-order valence-corrected chi connectivity index (χ2v) is 8.61. The topological polar surface area (TPSA) is 73.1 Å². The standard InChI is InChI=1S/C20H34N4O4/c1-25-13-18-21-19(28-22-18)12-23-6-4-16-11-17(24-7-9-27-10-8-24)3-5-20(16,14-23)15-26-2/h16-17H,3-15H2,1-2H3/t16-,17-,20+/m1/s1. The number of likely N-dealkylation sites (tertiary alicyclic amines) is 1. The third kappa shape index (κ3) is 4.41. The molecule has 0 unspecified atom stereocenters. The van der Waals surface area contributed by atoms with Gasteiger partial charge in [-0.05, 0) is 38.1 Å². The molecule has 3 fully saturated rings. The van der Waals surface area contributed by atoms with Crippen molar-refractivity contribution in [2.75, 3.05) is 60.2 Å². The van der Waals surface area contributed by atoms with Crippen LogP contribution in [0.3, 0.4) is 0 Å². The summed E-state index contributed by atoms with van der Waals surface area (Å²) in [7, 11) is 3.48. The van der Waals surface area contributed by atoms with Gasteiger partial charge in [0, 0.05) is 45.3 Å². The lowest BCUT2D eigenvalue weighted by Gasteiger charge is -2.54. The van der Waals surface area contributed by atoms with Crippen molar-refractivity contribution in [2.45, 2.75) is 44.9 Å². The van der Waals surface area contributed by atoms with E-state index in [1.165, 1.54) is 25.7 Å². The van der Waals surface area contributed by atoms with Crippen LogP contribution in [0.2, 0.25) is 0 Å². The highest BCUT2D eigenvalue weighted by atomic mass is 16.5. The van der Waals surface area contributed by atoms with Gasteiger partial charge >= 0.3 is 0 Å². The molecule has 1 aromatic rings. The Labute approximate surface area is 167 Å². The van der Waals surface area contributed by atoms with Crippen molar-refractivity contribution in [2.24, 2.45) is 11.3 Å². The quantitative estimate of drug-likeness (QED) is 0.690. The number of fused-ring (bicyclic) bond motifs is 1. The molecule has 3 heterocycles. The van der Waals surface area contributed by atoms with Crippen molar-refractivity contribution in [1.29, 1.82) is 0 Å². The Balaban J connectivity index is 1.39. The summed E-state index contributed by atoms with van der Waals surface area (Å²) in [6.07, 6.45) is 4.98. The molecule has 3 aliphatic rings. The number of piperidine rings is 1. The summed E-state index contributed by atoms with van der Waals surface area (Å²) in [6.45, 7) is 7.99. The van der Waals surface area contributed by atoms with E-state index in [1.807, 2.05) is 7.11 Å². The van der Waals surface area contributed by atoms with Crippen LogP contribution in [0, 0.1) is 11.3 Å². The predicted molar refractivity (Wildman–Crippen MR) is 103 cm³/mol. The number of hydrogen-bond acceptors (Lipinski definition) is 8. The van der Waals surface area contributed by atoms with E-state index < -0.39 is 0 Å². The molecule has 0 aromatic carbocycles. The molecular formula is C20H34N4O4. The molecule has 1 aromatic heterocycles. The van der Waals surface area contributed by atoms with Crippen LogP contribution in [-0.4, -0.2) is 86.2 Å². The molecule has 0 N–H and O–H groups in total. The lowest BCUT2D eigenvalue weighted by molar-refractivity contribution is -0.0882. The number of morpholine rings is 1. The van der Waals surface area contributed by atoms with Crippen molar-refractivity contribution in [3.8, 4) is 0 Å². The minimum absolute atomic E-state index is 0.241. The number of rotatable bonds is 7. The summed E-state index contributed by atoms with van der Waals surface area (Å²) < 4.78 is 21.8. The molecule has 2 aliphatic heterocycles. The summed E-state index contributed by atoms with van der Waals surface area (Å²) in [4.78, 5) is 9.57. The minimum atomic E-state index is 0.241. The van der Waals surface area contributed by atoms with Crippen molar-refractivity contribution < 1.29 is 18.7 Å². The van der Waals surface area contributed by atoms with Crippen LogP contribution in [0.25, 0.3) is 0 Å². The predicted octanol–water partition coefficient (Wildman–Crippen LogP) is 1.56. The van der Waals surface area contributed by atoms with Crippen LogP contribution in [-0.2, 0) is 27.4 Å². The molecule has 8 nitrogen and oxygen atoms in total. The van der Waals surface area contributed by atoms with Gasteiger partial charge in [-0.3, -0.25) is 9.80 Å². The molecule has 4 rings (SSSR count). The Morgan fingerprint density at radius 2 is 2.00 bits per heavy atom. The monoisotopic (exact) mass is 394 g/mol. The Morgan fingerprint density at radius 1 is 1.14 bits per heavy atom. The lowest BCUT2D eigenvalue weighted by Crippen LogP contribution is -2.56. The van der Waals surface area contributed by atoms with Gasteiger partial charge in [-0.1, -0.05) is 5.16 Å². The maximum Gasteiger partial charge on any atom is 0.240 e. The highest BCUT2D eigenvalue weighted by Gasteiger charge is 2.48. The minimum Gasteiger partial charge on any atom is -0.384 e. The molecule has 0 spiro atoms. The maximum absolute atomic E-state index is 5.73. The van der Waals surface area contributed by atoms with Gasteiger partial charge in [0.15, 0.2) is 5.82 Å². The summed E-state index contributed by atoms with van der Waals surface area (Å²) in [5.41, 5.74) is 0.241. The zero-order valence-corrected chi connectivity index (χ0v) is 17.3. The van der Waals surface area contributed by atoms with E-state index in [0.717, 1.165) is 51.9 Å². The third-order valence-corrected chi connectivity index (χ3v) is 6.87. The van der Waals surface area contributed by atoms with Gasteiger partial charge in [-0.2, -0.15) is 4.98 Å². The number of nitrogens with zero attached hydrogens (tertiary/aromatic N) is 4. The number of hydrogen-bond donors (Lipinski definition) is 0. The Bertz CT molecular complexity index is 621. The van der Waals surface area contributed by atoms with Gasteiger partial charge in [-0.15, -0.1) is 0 Å². The second kappa shape index (κ2) is 9.17. The molecule has 28 heavy (non-hydrogen) atoms. The smallest absolute Gasteiger partial charge is 0.240 e. The summed E-state index contributed by atoms with van der Waals surface area (Å²) in [5, 5.41) is 3.99. The van der Waals surface area contributed by atoms with E-state index in [1.54, 1.807) is 7.11 Å². The zero-order valence-electron chi connectivity index (χ0n) is 17.3.